The van der Waals surface area contributed by atoms with Crippen molar-refractivity contribution in [1.29, 1.82) is 0 Å². The second kappa shape index (κ2) is 6.62. The predicted molar refractivity (Wildman–Crippen MR) is 91.2 cm³/mol. The normalized spacial score (nSPS) is 10.6. The molecule has 1 aromatic heterocycles. The van der Waals surface area contributed by atoms with Gasteiger partial charge in [-0.3, -0.25) is 4.79 Å². The van der Waals surface area contributed by atoms with Crippen molar-refractivity contribution < 1.29 is 14.2 Å². The van der Waals surface area contributed by atoms with E-state index in [4.69, 9.17) is 14.2 Å². The van der Waals surface area contributed by atoms with Crippen molar-refractivity contribution in [2.45, 2.75) is 6.54 Å². The van der Waals surface area contributed by atoms with Crippen molar-refractivity contribution in [1.82, 2.24) is 9.55 Å². The Morgan fingerprint density at radius 3 is 2.25 bits per heavy atom. The fourth-order valence-electron chi connectivity index (χ4n) is 2.57. The standard InChI is InChI=1S/C18H18N2O4/c1-22-13-6-4-12(5-7-13)11-20-15-9-17(24-3)16(23-2)8-14(15)19-10-18(20)21/h4-10H,11H2,1-3H3. The lowest BCUT2D eigenvalue weighted by Crippen LogP contribution is -2.21. The molecule has 0 aliphatic carbocycles. The van der Waals surface area contributed by atoms with Gasteiger partial charge in [-0.1, -0.05) is 12.1 Å². The molecule has 0 radical (unpaired) electrons. The molecule has 0 unspecified atom stereocenters. The van der Waals surface area contributed by atoms with Gasteiger partial charge >= 0.3 is 0 Å². The highest BCUT2D eigenvalue weighted by atomic mass is 16.5. The Kier molecular flexibility index (Phi) is 4.37. The molecule has 6 nitrogen and oxygen atoms in total. The Bertz CT molecular complexity index is 917. The van der Waals surface area contributed by atoms with E-state index in [1.807, 2.05) is 24.3 Å². The highest BCUT2D eigenvalue weighted by Gasteiger charge is 2.11. The maximum Gasteiger partial charge on any atom is 0.269 e. The van der Waals surface area contributed by atoms with Crippen molar-refractivity contribution in [2.75, 3.05) is 21.3 Å². The highest BCUT2D eigenvalue weighted by molar-refractivity contribution is 5.79. The van der Waals surface area contributed by atoms with Gasteiger partial charge in [0, 0.05) is 12.1 Å². The van der Waals surface area contributed by atoms with Crippen LogP contribution in [0.4, 0.5) is 0 Å². The van der Waals surface area contributed by atoms with Crippen LogP contribution in [-0.4, -0.2) is 30.9 Å². The van der Waals surface area contributed by atoms with E-state index in [0.717, 1.165) is 11.3 Å². The number of fused-ring (bicyclic) bond motifs is 1. The zero-order valence-electron chi connectivity index (χ0n) is 13.8. The maximum absolute atomic E-state index is 12.3. The fraction of sp³-hybridized carbons (Fsp3) is 0.222. The van der Waals surface area contributed by atoms with Crippen LogP contribution in [0, 0.1) is 0 Å². The molecule has 0 saturated carbocycles. The van der Waals surface area contributed by atoms with E-state index in [1.54, 1.807) is 38.0 Å². The lowest BCUT2D eigenvalue weighted by atomic mass is 10.2. The number of methoxy groups -OCH3 is 3. The molecule has 0 fully saturated rings. The number of hydrogen-bond acceptors (Lipinski definition) is 5. The molecule has 6 heteroatoms. The molecule has 0 saturated heterocycles. The van der Waals surface area contributed by atoms with Gasteiger partial charge in [-0.05, 0) is 17.7 Å². The van der Waals surface area contributed by atoms with Crippen molar-refractivity contribution >= 4 is 11.0 Å². The summed E-state index contributed by atoms with van der Waals surface area (Å²) in [5.74, 6) is 1.91. The summed E-state index contributed by atoms with van der Waals surface area (Å²) in [6.07, 6.45) is 1.32. The second-order valence-corrected chi connectivity index (χ2v) is 5.23. The highest BCUT2D eigenvalue weighted by Crippen LogP contribution is 2.30. The van der Waals surface area contributed by atoms with Gasteiger partial charge in [-0.15, -0.1) is 0 Å². The minimum atomic E-state index is -0.175. The van der Waals surface area contributed by atoms with Gasteiger partial charge in [0.2, 0.25) is 0 Å². The summed E-state index contributed by atoms with van der Waals surface area (Å²) in [6, 6.07) is 11.1. The molecule has 24 heavy (non-hydrogen) atoms. The van der Waals surface area contributed by atoms with E-state index in [0.29, 0.717) is 29.1 Å². The molecule has 2 aromatic carbocycles. The quantitative estimate of drug-likeness (QED) is 0.721. The van der Waals surface area contributed by atoms with Crippen molar-refractivity contribution in [3.8, 4) is 17.2 Å². The minimum Gasteiger partial charge on any atom is -0.497 e. The molecule has 0 bridgehead atoms. The van der Waals surface area contributed by atoms with Crippen molar-refractivity contribution in [2.24, 2.45) is 0 Å². The van der Waals surface area contributed by atoms with Gasteiger partial charge in [0.25, 0.3) is 5.56 Å². The van der Waals surface area contributed by atoms with Crippen LogP contribution in [0.25, 0.3) is 11.0 Å². The topological polar surface area (TPSA) is 62.6 Å². The predicted octanol–water partition coefficient (Wildman–Crippen LogP) is 2.47. The third-order valence-electron chi connectivity index (χ3n) is 3.85. The molecule has 0 amide bonds. The molecular weight excluding hydrogens is 308 g/mol. The molecule has 0 aliphatic heterocycles. The Balaban J connectivity index is 2.11. The lowest BCUT2D eigenvalue weighted by molar-refractivity contribution is 0.355. The van der Waals surface area contributed by atoms with Crippen LogP contribution in [0.5, 0.6) is 17.2 Å². The van der Waals surface area contributed by atoms with Crippen LogP contribution in [0.3, 0.4) is 0 Å². The third kappa shape index (κ3) is 2.90. The maximum atomic E-state index is 12.3. The fourth-order valence-corrected chi connectivity index (χ4v) is 2.57. The molecule has 0 spiro atoms. The summed E-state index contributed by atoms with van der Waals surface area (Å²) in [5.41, 5.74) is 2.17. The van der Waals surface area contributed by atoms with Gasteiger partial charge in [0.15, 0.2) is 11.5 Å². The van der Waals surface area contributed by atoms with Crippen LogP contribution in [0.15, 0.2) is 47.4 Å². The number of aromatic nitrogens is 2. The van der Waals surface area contributed by atoms with Gasteiger partial charge in [0.05, 0.1) is 45.1 Å². The van der Waals surface area contributed by atoms with E-state index in [2.05, 4.69) is 4.98 Å². The molecule has 0 aliphatic rings. The largest absolute Gasteiger partial charge is 0.497 e. The minimum absolute atomic E-state index is 0.175. The molecule has 124 valence electrons. The third-order valence-corrected chi connectivity index (χ3v) is 3.85. The van der Waals surface area contributed by atoms with Gasteiger partial charge in [0.1, 0.15) is 5.75 Å². The van der Waals surface area contributed by atoms with Gasteiger partial charge in [-0.25, -0.2) is 4.98 Å². The average Bonchev–Trinajstić information content (AvgIpc) is 2.63. The SMILES string of the molecule is COc1ccc(Cn2c(=O)cnc3cc(OC)c(OC)cc32)cc1. The first-order chi connectivity index (χ1) is 11.7. The summed E-state index contributed by atoms with van der Waals surface area (Å²) < 4.78 is 17.4. The number of nitrogens with zero attached hydrogens (tertiary/aromatic N) is 2. The number of benzene rings is 2. The molecule has 3 aromatic rings. The first kappa shape index (κ1) is 15.9. The number of rotatable bonds is 5. The van der Waals surface area contributed by atoms with E-state index in [-0.39, 0.29) is 5.56 Å². The second-order valence-electron chi connectivity index (χ2n) is 5.23. The Labute approximate surface area is 139 Å². The zero-order valence-corrected chi connectivity index (χ0v) is 13.8. The van der Waals surface area contributed by atoms with Crippen LogP contribution in [0.2, 0.25) is 0 Å². The van der Waals surface area contributed by atoms with E-state index < -0.39 is 0 Å². The van der Waals surface area contributed by atoms with Crippen LogP contribution >= 0.6 is 0 Å². The zero-order chi connectivity index (χ0) is 17.1. The summed E-state index contributed by atoms with van der Waals surface area (Å²) in [4.78, 5) is 16.5. The first-order valence-electron chi connectivity index (χ1n) is 7.40. The smallest absolute Gasteiger partial charge is 0.269 e. The number of hydrogen-bond donors (Lipinski definition) is 0. The molecule has 3 rings (SSSR count). The Morgan fingerprint density at radius 2 is 1.62 bits per heavy atom. The van der Waals surface area contributed by atoms with Gasteiger partial charge < -0.3 is 18.8 Å². The molecular formula is C18H18N2O4. The lowest BCUT2D eigenvalue weighted by Gasteiger charge is -2.13. The van der Waals surface area contributed by atoms with E-state index >= 15 is 0 Å². The summed E-state index contributed by atoms with van der Waals surface area (Å²) in [7, 11) is 4.75. The monoisotopic (exact) mass is 326 g/mol. The summed E-state index contributed by atoms with van der Waals surface area (Å²) >= 11 is 0. The van der Waals surface area contributed by atoms with E-state index in [1.165, 1.54) is 6.20 Å². The Morgan fingerprint density at radius 1 is 0.958 bits per heavy atom. The van der Waals surface area contributed by atoms with Crippen LogP contribution in [0.1, 0.15) is 5.56 Å². The summed E-state index contributed by atoms with van der Waals surface area (Å²) in [6.45, 7) is 0.428. The summed E-state index contributed by atoms with van der Waals surface area (Å²) in [5, 5.41) is 0. The molecule has 0 atom stereocenters. The first-order valence-corrected chi connectivity index (χ1v) is 7.40. The molecule has 1 heterocycles. The van der Waals surface area contributed by atoms with Gasteiger partial charge in [-0.2, -0.15) is 0 Å². The van der Waals surface area contributed by atoms with Crippen molar-refractivity contribution in [3.63, 3.8) is 0 Å². The van der Waals surface area contributed by atoms with E-state index in [9.17, 15) is 4.79 Å². The molecule has 0 N–H and O–H groups in total. The Hall–Kier alpha value is -3.02. The number of ether oxygens (including phenoxy) is 3. The van der Waals surface area contributed by atoms with Crippen molar-refractivity contribution in [3.05, 3.63) is 58.5 Å². The van der Waals surface area contributed by atoms with Crippen LogP contribution < -0.4 is 19.8 Å². The average molecular weight is 326 g/mol. The van der Waals surface area contributed by atoms with Crippen LogP contribution in [-0.2, 0) is 6.54 Å².